The van der Waals surface area contributed by atoms with Gasteiger partial charge in [0.15, 0.2) is 0 Å². The second kappa shape index (κ2) is 9.47. The Morgan fingerprint density at radius 1 is 0.914 bits per heavy atom. The van der Waals surface area contributed by atoms with Gasteiger partial charge in [-0.2, -0.15) is 4.98 Å². The van der Waals surface area contributed by atoms with Gasteiger partial charge in [-0.25, -0.2) is 23.1 Å². The maximum Gasteiger partial charge on any atom is 0.241 e. The summed E-state index contributed by atoms with van der Waals surface area (Å²) in [5, 5.41) is 6.43. The fourth-order valence-corrected chi connectivity index (χ4v) is 4.92. The molecule has 0 aliphatic heterocycles. The lowest BCUT2D eigenvalue weighted by Gasteiger charge is -2.20. The van der Waals surface area contributed by atoms with E-state index in [-0.39, 0.29) is 4.90 Å². The van der Waals surface area contributed by atoms with E-state index in [0.717, 1.165) is 22.8 Å². The van der Waals surface area contributed by atoms with Crippen LogP contribution in [0.4, 0.5) is 23.1 Å². The fraction of sp³-hybridized carbons (Fsp3) is 0.240. The predicted octanol–water partition coefficient (Wildman–Crippen LogP) is 4.84. The van der Waals surface area contributed by atoms with Gasteiger partial charge in [-0.3, -0.25) is 0 Å². The van der Waals surface area contributed by atoms with Crippen molar-refractivity contribution in [1.29, 1.82) is 0 Å². The van der Waals surface area contributed by atoms with E-state index in [1.807, 2.05) is 48.9 Å². The van der Waals surface area contributed by atoms with Crippen LogP contribution < -0.4 is 15.4 Å². The number of hydrogen-bond acceptors (Lipinski definition) is 7. The van der Waals surface area contributed by atoms with E-state index in [1.54, 1.807) is 57.4 Å². The zero-order chi connectivity index (χ0) is 25.2. The van der Waals surface area contributed by atoms with Gasteiger partial charge in [-0.15, -0.1) is 0 Å². The molecule has 10 heteroatoms. The monoisotopic (exact) mass is 491 g/mol. The maximum absolute atomic E-state index is 12.7. The summed E-state index contributed by atoms with van der Waals surface area (Å²) in [5.41, 5.74) is 2.69. The Hall–Kier alpha value is -3.76. The van der Waals surface area contributed by atoms with Gasteiger partial charge in [0.2, 0.25) is 16.0 Å². The van der Waals surface area contributed by atoms with Crippen molar-refractivity contribution in [3.05, 3.63) is 78.5 Å². The van der Waals surface area contributed by atoms with Crippen LogP contribution in [0, 0.1) is 13.8 Å². The summed E-state index contributed by atoms with van der Waals surface area (Å²) in [7, 11) is -3.66. The molecule has 0 atom stereocenters. The molecule has 0 bridgehead atoms. The molecule has 3 N–H and O–H groups in total. The molecule has 2 aromatic carbocycles. The minimum Gasteiger partial charge on any atom is -0.340 e. The summed E-state index contributed by atoms with van der Waals surface area (Å²) in [4.78, 5) is 13.4. The number of aromatic nitrogens is 4. The first-order valence-electron chi connectivity index (χ1n) is 11.1. The summed E-state index contributed by atoms with van der Waals surface area (Å²) >= 11 is 0. The van der Waals surface area contributed by atoms with Crippen LogP contribution in [-0.2, 0) is 10.0 Å². The average molecular weight is 492 g/mol. The lowest BCUT2D eigenvalue weighted by molar-refractivity contribution is 0.491. The molecular weight excluding hydrogens is 462 g/mol. The lowest BCUT2D eigenvalue weighted by Crippen LogP contribution is -2.40. The molecule has 0 fully saturated rings. The summed E-state index contributed by atoms with van der Waals surface area (Å²) in [6.07, 6.45) is 5.39. The zero-order valence-electron chi connectivity index (χ0n) is 20.4. The molecule has 2 heterocycles. The van der Waals surface area contributed by atoms with Crippen LogP contribution in [0.5, 0.6) is 0 Å². The van der Waals surface area contributed by atoms with Gasteiger partial charge >= 0.3 is 0 Å². The van der Waals surface area contributed by atoms with Gasteiger partial charge in [-0.1, -0.05) is 6.07 Å². The van der Waals surface area contributed by atoms with E-state index >= 15 is 0 Å². The first kappa shape index (κ1) is 24.4. The number of rotatable bonds is 7. The number of imidazole rings is 1. The number of aryl methyl sites for hydroxylation is 2. The third-order valence-electron chi connectivity index (χ3n) is 5.05. The van der Waals surface area contributed by atoms with Crippen molar-refractivity contribution in [2.45, 2.75) is 45.1 Å². The number of benzene rings is 2. The van der Waals surface area contributed by atoms with Crippen molar-refractivity contribution in [2.24, 2.45) is 0 Å². The van der Waals surface area contributed by atoms with Crippen LogP contribution >= 0.6 is 0 Å². The molecule has 0 saturated carbocycles. The van der Waals surface area contributed by atoms with E-state index in [9.17, 15) is 8.42 Å². The Morgan fingerprint density at radius 2 is 1.66 bits per heavy atom. The first-order valence-corrected chi connectivity index (χ1v) is 12.6. The normalized spacial score (nSPS) is 11.9. The zero-order valence-corrected chi connectivity index (χ0v) is 21.2. The van der Waals surface area contributed by atoms with Crippen LogP contribution in [0.1, 0.15) is 32.2 Å². The Labute approximate surface area is 205 Å². The lowest BCUT2D eigenvalue weighted by atomic mass is 10.1. The van der Waals surface area contributed by atoms with Crippen molar-refractivity contribution in [3.8, 4) is 5.69 Å². The standard InChI is InChI=1S/C25H29N7O2S/c1-17-16-27-24(29-19-9-11-21(12-10-19)32-14-13-26-18(32)2)30-23(17)28-20-7-6-8-22(15-20)35(33,34)31-25(3,4)5/h6-16,31H,1-5H3,(H2,27,28,29,30). The highest BCUT2D eigenvalue weighted by atomic mass is 32.2. The van der Waals surface area contributed by atoms with Gasteiger partial charge in [-0.05, 0) is 77.1 Å². The molecule has 0 spiro atoms. The Balaban J connectivity index is 1.52. The minimum atomic E-state index is -3.66. The second-order valence-corrected chi connectivity index (χ2v) is 10.9. The van der Waals surface area contributed by atoms with Crippen LogP contribution in [0.25, 0.3) is 5.69 Å². The maximum atomic E-state index is 12.7. The summed E-state index contributed by atoms with van der Waals surface area (Å²) in [6.45, 7) is 9.25. The van der Waals surface area contributed by atoms with Gasteiger partial charge < -0.3 is 15.2 Å². The molecule has 2 aromatic heterocycles. The molecule has 0 radical (unpaired) electrons. The van der Waals surface area contributed by atoms with Crippen LogP contribution in [0.2, 0.25) is 0 Å². The molecule has 0 saturated heterocycles. The van der Waals surface area contributed by atoms with E-state index in [2.05, 4.69) is 30.3 Å². The molecule has 0 amide bonds. The number of anilines is 4. The SMILES string of the molecule is Cc1cnc(Nc2ccc(-n3ccnc3C)cc2)nc1Nc1cccc(S(=O)(=O)NC(C)(C)C)c1. The third-order valence-corrected chi connectivity index (χ3v) is 6.80. The van der Waals surface area contributed by atoms with E-state index in [0.29, 0.717) is 17.5 Å². The number of hydrogen-bond donors (Lipinski definition) is 3. The van der Waals surface area contributed by atoms with Crippen molar-refractivity contribution in [2.75, 3.05) is 10.6 Å². The second-order valence-electron chi connectivity index (χ2n) is 9.25. The molecule has 0 aliphatic rings. The van der Waals surface area contributed by atoms with E-state index < -0.39 is 15.6 Å². The molecule has 182 valence electrons. The Morgan fingerprint density at radius 3 is 2.31 bits per heavy atom. The summed E-state index contributed by atoms with van der Waals surface area (Å²) in [6, 6.07) is 14.5. The molecule has 4 aromatic rings. The van der Waals surface area contributed by atoms with Crippen molar-refractivity contribution in [3.63, 3.8) is 0 Å². The quantitative estimate of drug-likeness (QED) is 0.339. The largest absolute Gasteiger partial charge is 0.340 e. The molecule has 0 unspecified atom stereocenters. The molecule has 35 heavy (non-hydrogen) atoms. The number of nitrogens with one attached hydrogen (secondary N) is 3. The van der Waals surface area contributed by atoms with Crippen LogP contribution in [-0.4, -0.2) is 33.5 Å². The molecule has 4 rings (SSSR count). The van der Waals surface area contributed by atoms with E-state index in [4.69, 9.17) is 0 Å². The smallest absolute Gasteiger partial charge is 0.241 e. The third kappa shape index (κ3) is 6.03. The molecule has 9 nitrogen and oxygen atoms in total. The predicted molar refractivity (Wildman–Crippen MR) is 138 cm³/mol. The van der Waals surface area contributed by atoms with Gasteiger partial charge in [0.25, 0.3) is 0 Å². The first-order chi connectivity index (χ1) is 16.5. The highest BCUT2D eigenvalue weighted by Crippen LogP contribution is 2.24. The van der Waals surface area contributed by atoms with Gasteiger partial charge in [0, 0.05) is 46.8 Å². The number of nitrogens with zero attached hydrogens (tertiary/aromatic N) is 4. The van der Waals surface area contributed by atoms with Crippen molar-refractivity contribution in [1.82, 2.24) is 24.2 Å². The highest BCUT2D eigenvalue weighted by Gasteiger charge is 2.22. The van der Waals surface area contributed by atoms with Crippen molar-refractivity contribution < 1.29 is 8.42 Å². The van der Waals surface area contributed by atoms with Crippen LogP contribution in [0.3, 0.4) is 0 Å². The Bertz CT molecular complexity index is 1440. The average Bonchev–Trinajstić information content (AvgIpc) is 3.21. The minimum absolute atomic E-state index is 0.177. The summed E-state index contributed by atoms with van der Waals surface area (Å²) in [5.74, 6) is 1.91. The van der Waals surface area contributed by atoms with Crippen LogP contribution in [0.15, 0.2) is 72.0 Å². The number of sulfonamides is 1. The van der Waals surface area contributed by atoms with E-state index in [1.165, 1.54) is 0 Å². The molecule has 0 aliphatic carbocycles. The molecular formula is C25H29N7O2S. The van der Waals surface area contributed by atoms with Crippen molar-refractivity contribution >= 4 is 33.2 Å². The highest BCUT2D eigenvalue weighted by molar-refractivity contribution is 7.89. The van der Waals surface area contributed by atoms with Gasteiger partial charge in [0.05, 0.1) is 4.90 Å². The summed E-state index contributed by atoms with van der Waals surface area (Å²) < 4.78 is 30.1. The van der Waals surface area contributed by atoms with Gasteiger partial charge in [0.1, 0.15) is 11.6 Å². The topological polar surface area (TPSA) is 114 Å². The Kier molecular flexibility index (Phi) is 6.60. The fourth-order valence-electron chi connectivity index (χ4n) is 3.45.